The van der Waals surface area contributed by atoms with E-state index in [0.29, 0.717) is 11.8 Å². The second kappa shape index (κ2) is 6.37. The number of nitrogens with two attached hydrogens (primary N) is 1. The van der Waals surface area contributed by atoms with Crippen molar-refractivity contribution >= 4 is 29.4 Å². The summed E-state index contributed by atoms with van der Waals surface area (Å²) in [5.74, 6) is -2.34. The molecule has 8 heteroatoms. The van der Waals surface area contributed by atoms with E-state index in [-0.39, 0.29) is 10.6 Å². The van der Waals surface area contributed by atoms with E-state index in [1.165, 1.54) is 14.0 Å². The van der Waals surface area contributed by atoms with E-state index in [0.717, 1.165) is 12.1 Å². The molecular formula is C11H13F2N3O2S. The lowest BCUT2D eigenvalue weighted by atomic mass is 10.3. The maximum Gasteiger partial charge on any atom is 0.321 e. The Hall–Kier alpha value is -1.83. The van der Waals surface area contributed by atoms with Crippen molar-refractivity contribution in [2.75, 3.05) is 12.8 Å². The van der Waals surface area contributed by atoms with Crippen LogP contribution in [-0.2, 0) is 4.79 Å². The van der Waals surface area contributed by atoms with Crippen LogP contribution < -0.4 is 16.4 Å². The highest BCUT2D eigenvalue weighted by Crippen LogP contribution is 2.30. The zero-order valence-electron chi connectivity index (χ0n) is 10.3. The van der Waals surface area contributed by atoms with Crippen molar-refractivity contribution in [2.45, 2.75) is 17.1 Å². The molecule has 1 rings (SSSR count). The average molecular weight is 289 g/mol. The Kier molecular flexibility index (Phi) is 5.11. The Morgan fingerprint density at radius 3 is 2.32 bits per heavy atom. The third-order valence-corrected chi connectivity index (χ3v) is 3.34. The SMILES string of the molecule is CNC(=O)NC(=O)C(C)Sc1c(F)cc(N)cc1F. The molecule has 0 radical (unpaired) electrons. The molecule has 0 heterocycles. The van der Waals surface area contributed by atoms with E-state index >= 15 is 0 Å². The summed E-state index contributed by atoms with van der Waals surface area (Å²) >= 11 is 0.668. The molecule has 0 fully saturated rings. The maximum absolute atomic E-state index is 13.5. The average Bonchev–Trinajstić information content (AvgIpc) is 2.32. The second-order valence-electron chi connectivity index (χ2n) is 3.64. The summed E-state index contributed by atoms with van der Waals surface area (Å²) in [6.45, 7) is 1.43. The quantitative estimate of drug-likeness (QED) is 0.581. The third-order valence-electron chi connectivity index (χ3n) is 2.15. The van der Waals surface area contributed by atoms with Crippen molar-refractivity contribution in [1.82, 2.24) is 10.6 Å². The van der Waals surface area contributed by atoms with Crippen LogP contribution in [0.25, 0.3) is 0 Å². The number of halogens is 2. The summed E-state index contributed by atoms with van der Waals surface area (Å²) in [6, 6.07) is 1.25. The highest BCUT2D eigenvalue weighted by Gasteiger charge is 2.20. The van der Waals surface area contributed by atoms with Gasteiger partial charge in [-0.3, -0.25) is 10.1 Å². The molecule has 1 aromatic rings. The van der Waals surface area contributed by atoms with E-state index in [9.17, 15) is 18.4 Å². The number of hydrogen-bond donors (Lipinski definition) is 3. The van der Waals surface area contributed by atoms with Crippen LogP contribution in [-0.4, -0.2) is 24.2 Å². The molecular weight excluding hydrogens is 276 g/mol. The molecule has 3 amide bonds. The Bertz CT molecular complexity index is 488. The van der Waals surface area contributed by atoms with Crippen LogP contribution in [0.4, 0.5) is 19.3 Å². The Labute approximate surface area is 112 Å². The first kappa shape index (κ1) is 15.2. The van der Waals surface area contributed by atoms with Gasteiger partial charge >= 0.3 is 6.03 Å². The number of carbonyl (C=O) groups is 2. The zero-order valence-corrected chi connectivity index (χ0v) is 11.1. The van der Waals surface area contributed by atoms with Crippen LogP contribution in [0.15, 0.2) is 17.0 Å². The molecule has 0 spiro atoms. The number of hydrogen-bond acceptors (Lipinski definition) is 4. The summed E-state index contributed by atoms with van der Waals surface area (Å²) in [6.07, 6.45) is 0. The Balaban J connectivity index is 2.80. The first-order valence-corrected chi connectivity index (χ1v) is 6.17. The third kappa shape index (κ3) is 4.09. The fraction of sp³-hybridized carbons (Fsp3) is 0.273. The van der Waals surface area contributed by atoms with Gasteiger partial charge in [0, 0.05) is 12.7 Å². The largest absolute Gasteiger partial charge is 0.399 e. The summed E-state index contributed by atoms with van der Waals surface area (Å²) in [7, 11) is 1.35. The molecule has 0 saturated carbocycles. The number of nitrogens with one attached hydrogen (secondary N) is 2. The number of amides is 3. The first-order valence-electron chi connectivity index (χ1n) is 5.29. The summed E-state index contributed by atoms with van der Waals surface area (Å²) < 4.78 is 27.0. The van der Waals surface area contributed by atoms with Gasteiger partial charge in [0.1, 0.15) is 11.6 Å². The molecule has 0 saturated heterocycles. The molecule has 0 aliphatic heterocycles. The molecule has 1 aromatic carbocycles. The predicted molar refractivity (Wildman–Crippen MR) is 68.7 cm³/mol. The van der Waals surface area contributed by atoms with Crippen molar-refractivity contribution in [3.05, 3.63) is 23.8 Å². The highest BCUT2D eigenvalue weighted by atomic mass is 32.2. The first-order chi connectivity index (χ1) is 8.85. The van der Waals surface area contributed by atoms with E-state index in [2.05, 4.69) is 5.32 Å². The highest BCUT2D eigenvalue weighted by molar-refractivity contribution is 8.00. The number of nitrogen functional groups attached to an aromatic ring is 1. The second-order valence-corrected chi connectivity index (χ2v) is 4.99. The summed E-state index contributed by atoms with van der Waals surface area (Å²) in [5, 5.41) is 3.38. The van der Waals surface area contributed by atoms with Gasteiger partial charge in [0.15, 0.2) is 0 Å². The van der Waals surface area contributed by atoms with Gasteiger partial charge in [0.05, 0.1) is 10.1 Å². The van der Waals surface area contributed by atoms with E-state index in [1.54, 1.807) is 0 Å². The number of benzene rings is 1. The number of thioether (sulfide) groups is 1. The van der Waals surface area contributed by atoms with Gasteiger partial charge in [0.25, 0.3) is 0 Å². The van der Waals surface area contributed by atoms with Crippen molar-refractivity contribution in [2.24, 2.45) is 0 Å². The monoisotopic (exact) mass is 289 g/mol. The van der Waals surface area contributed by atoms with Gasteiger partial charge in [-0.1, -0.05) is 0 Å². The fourth-order valence-corrected chi connectivity index (χ4v) is 2.06. The maximum atomic E-state index is 13.5. The van der Waals surface area contributed by atoms with Crippen molar-refractivity contribution in [1.29, 1.82) is 0 Å². The van der Waals surface area contributed by atoms with Crippen LogP contribution in [0.2, 0.25) is 0 Å². The van der Waals surface area contributed by atoms with Crippen molar-refractivity contribution < 1.29 is 18.4 Å². The van der Waals surface area contributed by atoms with Crippen LogP contribution in [0, 0.1) is 11.6 Å². The number of rotatable bonds is 3. The smallest absolute Gasteiger partial charge is 0.321 e. The number of urea groups is 1. The minimum Gasteiger partial charge on any atom is -0.399 e. The number of carbonyl (C=O) groups excluding carboxylic acids is 2. The van der Waals surface area contributed by atoms with Gasteiger partial charge in [0.2, 0.25) is 5.91 Å². The normalized spacial score (nSPS) is 11.8. The molecule has 0 aliphatic carbocycles. The molecule has 1 unspecified atom stereocenters. The molecule has 5 nitrogen and oxygen atoms in total. The standard InChI is InChI=1S/C11H13F2N3O2S/c1-5(10(17)16-11(18)15-2)19-9-7(12)3-6(14)4-8(9)13/h3-5H,14H2,1-2H3,(H2,15,16,17,18). The Morgan fingerprint density at radius 1 is 1.32 bits per heavy atom. The van der Waals surface area contributed by atoms with E-state index in [4.69, 9.17) is 5.73 Å². The van der Waals surface area contributed by atoms with Gasteiger partial charge in [-0.2, -0.15) is 0 Å². The van der Waals surface area contributed by atoms with Gasteiger partial charge < -0.3 is 11.1 Å². The van der Waals surface area contributed by atoms with Gasteiger partial charge in [-0.05, 0) is 19.1 Å². The fourth-order valence-electron chi connectivity index (χ4n) is 1.20. The minimum atomic E-state index is -0.845. The molecule has 0 aromatic heterocycles. The minimum absolute atomic E-state index is 0.0400. The predicted octanol–water partition coefficient (Wildman–Crippen LogP) is 1.48. The topological polar surface area (TPSA) is 84.2 Å². The number of anilines is 1. The van der Waals surface area contributed by atoms with Crippen LogP contribution in [0.5, 0.6) is 0 Å². The number of imide groups is 1. The summed E-state index contributed by atoms with van der Waals surface area (Å²) in [4.78, 5) is 22.2. The lowest BCUT2D eigenvalue weighted by molar-refractivity contribution is -0.119. The van der Waals surface area contributed by atoms with Gasteiger partial charge in [-0.25, -0.2) is 13.6 Å². The lowest BCUT2D eigenvalue weighted by Crippen LogP contribution is -2.41. The van der Waals surface area contributed by atoms with Crippen LogP contribution in [0.1, 0.15) is 6.92 Å². The van der Waals surface area contributed by atoms with Crippen molar-refractivity contribution in [3.8, 4) is 0 Å². The van der Waals surface area contributed by atoms with Crippen molar-refractivity contribution in [3.63, 3.8) is 0 Å². The lowest BCUT2D eigenvalue weighted by Gasteiger charge is -2.12. The molecule has 0 aliphatic rings. The van der Waals surface area contributed by atoms with Gasteiger partial charge in [-0.15, -0.1) is 11.8 Å². The van der Waals surface area contributed by atoms with E-state index < -0.39 is 28.8 Å². The van der Waals surface area contributed by atoms with Crippen LogP contribution in [0.3, 0.4) is 0 Å². The van der Waals surface area contributed by atoms with E-state index in [1.807, 2.05) is 5.32 Å². The zero-order chi connectivity index (χ0) is 14.6. The molecule has 19 heavy (non-hydrogen) atoms. The Morgan fingerprint density at radius 2 is 1.84 bits per heavy atom. The molecule has 4 N–H and O–H groups in total. The summed E-state index contributed by atoms with van der Waals surface area (Å²) in [5.41, 5.74) is 5.24. The molecule has 104 valence electrons. The molecule has 0 bridgehead atoms. The van der Waals surface area contributed by atoms with Crippen LogP contribution >= 0.6 is 11.8 Å². The molecule has 1 atom stereocenters.